The third kappa shape index (κ3) is 5.98. The monoisotopic (exact) mass is 471 g/mol. The fourth-order valence-corrected chi connectivity index (χ4v) is 4.69. The highest BCUT2D eigenvalue weighted by molar-refractivity contribution is 7.08. The SMILES string of the molecule is O=C(O)C(F)(F)F.O=C(c1ccsc1)N1CC[C@H]2OCC[C@@]2(CCNc2ccccn2)C1. The Bertz CT molecular complexity index is 895. The lowest BCUT2D eigenvalue weighted by molar-refractivity contribution is -0.192. The molecule has 0 spiro atoms. The highest BCUT2D eigenvalue weighted by Gasteiger charge is 2.48. The summed E-state index contributed by atoms with van der Waals surface area (Å²) in [6.45, 7) is 3.22. The minimum atomic E-state index is -5.08. The van der Waals surface area contributed by atoms with Crippen molar-refractivity contribution in [1.29, 1.82) is 0 Å². The van der Waals surface area contributed by atoms with E-state index in [1.54, 1.807) is 17.5 Å². The van der Waals surface area contributed by atoms with E-state index in [-0.39, 0.29) is 17.4 Å². The molecule has 2 fully saturated rings. The molecular weight excluding hydrogens is 447 g/mol. The van der Waals surface area contributed by atoms with Gasteiger partial charge in [-0.2, -0.15) is 24.5 Å². The molecule has 2 aromatic rings. The van der Waals surface area contributed by atoms with Gasteiger partial charge in [0.25, 0.3) is 5.91 Å². The molecular formula is C21H24F3N3O4S. The highest BCUT2D eigenvalue weighted by Crippen LogP contribution is 2.43. The van der Waals surface area contributed by atoms with Crippen LogP contribution in [0.5, 0.6) is 0 Å². The van der Waals surface area contributed by atoms with E-state index < -0.39 is 12.1 Å². The van der Waals surface area contributed by atoms with E-state index in [2.05, 4.69) is 10.3 Å². The smallest absolute Gasteiger partial charge is 0.475 e. The molecule has 174 valence electrons. The fraction of sp³-hybridized carbons (Fsp3) is 0.476. The van der Waals surface area contributed by atoms with Crippen LogP contribution >= 0.6 is 11.3 Å². The highest BCUT2D eigenvalue weighted by atomic mass is 32.1. The van der Waals surface area contributed by atoms with Crippen LogP contribution in [0.25, 0.3) is 0 Å². The van der Waals surface area contributed by atoms with Crippen molar-refractivity contribution in [2.75, 3.05) is 31.6 Å². The first-order chi connectivity index (χ1) is 15.2. The van der Waals surface area contributed by atoms with Gasteiger partial charge in [-0.05, 0) is 42.8 Å². The molecule has 2 N–H and O–H groups in total. The van der Waals surface area contributed by atoms with Gasteiger partial charge in [0, 0.05) is 43.2 Å². The van der Waals surface area contributed by atoms with Gasteiger partial charge in [0.05, 0.1) is 11.7 Å². The Hall–Kier alpha value is -2.66. The van der Waals surface area contributed by atoms with Gasteiger partial charge in [0.15, 0.2) is 0 Å². The number of thiophene rings is 1. The summed E-state index contributed by atoms with van der Waals surface area (Å²) in [5.41, 5.74) is 0.871. The Labute approximate surface area is 187 Å². The number of nitrogens with one attached hydrogen (secondary N) is 1. The zero-order chi connectivity index (χ0) is 23.2. The first-order valence-corrected chi connectivity index (χ1v) is 11.0. The number of carbonyl (C=O) groups excluding carboxylic acids is 1. The van der Waals surface area contributed by atoms with Crippen LogP contribution in [-0.4, -0.2) is 65.4 Å². The van der Waals surface area contributed by atoms with Crippen LogP contribution in [0.4, 0.5) is 19.0 Å². The Balaban J connectivity index is 0.000000360. The van der Waals surface area contributed by atoms with E-state index in [0.29, 0.717) is 0 Å². The van der Waals surface area contributed by atoms with E-state index in [4.69, 9.17) is 14.6 Å². The third-order valence-corrected chi connectivity index (χ3v) is 6.34. The second-order valence-electron chi connectivity index (χ2n) is 7.69. The van der Waals surface area contributed by atoms with Crippen molar-refractivity contribution >= 4 is 29.0 Å². The van der Waals surface area contributed by atoms with E-state index in [1.807, 2.05) is 39.9 Å². The van der Waals surface area contributed by atoms with Gasteiger partial charge < -0.3 is 20.1 Å². The number of carboxylic acids is 1. The number of aliphatic carboxylic acids is 1. The van der Waals surface area contributed by atoms with Crippen LogP contribution in [0, 0.1) is 5.41 Å². The number of anilines is 1. The summed E-state index contributed by atoms with van der Waals surface area (Å²) in [5.74, 6) is -1.70. The number of amides is 1. The lowest BCUT2D eigenvalue weighted by Gasteiger charge is -2.44. The molecule has 2 atom stereocenters. The van der Waals surface area contributed by atoms with Gasteiger partial charge in [0.1, 0.15) is 5.82 Å². The summed E-state index contributed by atoms with van der Waals surface area (Å²) in [6.07, 6.45) is -0.0790. The third-order valence-electron chi connectivity index (χ3n) is 5.66. The minimum absolute atomic E-state index is 0.0612. The number of hydrogen-bond acceptors (Lipinski definition) is 6. The number of fused-ring (bicyclic) bond motifs is 1. The number of nitrogens with zero attached hydrogens (tertiary/aromatic N) is 2. The molecule has 4 heterocycles. The second kappa shape index (κ2) is 10.3. The molecule has 2 aliphatic rings. The fourth-order valence-electron chi connectivity index (χ4n) is 4.06. The lowest BCUT2D eigenvalue weighted by Crippen LogP contribution is -2.52. The molecule has 32 heavy (non-hydrogen) atoms. The van der Waals surface area contributed by atoms with E-state index >= 15 is 0 Å². The molecule has 1 amide bonds. The van der Waals surface area contributed by atoms with Crippen LogP contribution in [0.2, 0.25) is 0 Å². The number of rotatable bonds is 5. The maximum atomic E-state index is 12.8. The van der Waals surface area contributed by atoms with Crippen molar-refractivity contribution in [2.24, 2.45) is 5.41 Å². The minimum Gasteiger partial charge on any atom is -0.475 e. The van der Waals surface area contributed by atoms with Crippen molar-refractivity contribution < 1.29 is 32.6 Å². The van der Waals surface area contributed by atoms with Gasteiger partial charge >= 0.3 is 12.1 Å². The first-order valence-electron chi connectivity index (χ1n) is 10.1. The van der Waals surface area contributed by atoms with Crippen LogP contribution in [0.15, 0.2) is 41.2 Å². The Morgan fingerprint density at radius 3 is 2.75 bits per heavy atom. The largest absolute Gasteiger partial charge is 0.490 e. The number of carbonyl (C=O) groups is 2. The van der Waals surface area contributed by atoms with Gasteiger partial charge in [-0.25, -0.2) is 9.78 Å². The quantitative estimate of drug-likeness (QED) is 0.687. The number of pyridine rings is 1. The Morgan fingerprint density at radius 2 is 2.12 bits per heavy atom. The van der Waals surface area contributed by atoms with Crippen molar-refractivity contribution in [3.05, 3.63) is 46.8 Å². The maximum Gasteiger partial charge on any atom is 0.490 e. The summed E-state index contributed by atoms with van der Waals surface area (Å²) in [4.78, 5) is 28.0. The van der Waals surface area contributed by atoms with Crippen molar-refractivity contribution in [3.8, 4) is 0 Å². The number of halogens is 3. The molecule has 0 bridgehead atoms. The second-order valence-corrected chi connectivity index (χ2v) is 8.47. The van der Waals surface area contributed by atoms with Crippen molar-refractivity contribution in [1.82, 2.24) is 9.88 Å². The van der Waals surface area contributed by atoms with Crippen molar-refractivity contribution in [2.45, 2.75) is 31.5 Å². The average Bonchev–Trinajstić information content (AvgIpc) is 3.43. The van der Waals surface area contributed by atoms with E-state index in [0.717, 1.165) is 56.9 Å². The van der Waals surface area contributed by atoms with Crippen molar-refractivity contribution in [3.63, 3.8) is 0 Å². The van der Waals surface area contributed by atoms with Gasteiger partial charge in [0.2, 0.25) is 0 Å². The molecule has 7 nitrogen and oxygen atoms in total. The molecule has 0 aromatic carbocycles. The topological polar surface area (TPSA) is 91.8 Å². The zero-order valence-corrected chi connectivity index (χ0v) is 18.0. The Kier molecular flexibility index (Phi) is 7.73. The number of alkyl halides is 3. The molecule has 2 aromatic heterocycles. The molecule has 0 unspecified atom stereocenters. The first kappa shape index (κ1) is 24.0. The number of hydrogen-bond donors (Lipinski definition) is 2. The number of likely N-dealkylation sites (tertiary alicyclic amines) is 1. The molecule has 0 radical (unpaired) electrons. The van der Waals surface area contributed by atoms with E-state index in [1.165, 1.54) is 0 Å². The van der Waals surface area contributed by atoms with Gasteiger partial charge in [-0.1, -0.05) is 6.07 Å². The molecule has 0 saturated carbocycles. The number of ether oxygens (including phenoxy) is 1. The maximum absolute atomic E-state index is 12.8. The molecule has 4 rings (SSSR count). The van der Waals surface area contributed by atoms with Gasteiger partial charge in [-0.15, -0.1) is 0 Å². The number of piperidine rings is 1. The average molecular weight is 472 g/mol. The normalized spacial score (nSPS) is 22.5. The summed E-state index contributed by atoms with van der Waals surface area (Å²) >= 11 is 1.57. The Morgan fingerprint density at radius 1 is 1.34 bits per heavy atom. The molecule has 2 aliphatic heterocycles. The predicted molar refractivity (Wildman–Crippen MR) is 113 cm³/mol. The number of aromatic nitrogens is 1. The molecule has 0 aliphatic carbocycles. The molecule has 11 heteroatoms. The van der Waals surface area contributed by atoms with Crippen LogP contribution < -0.4 is 5.32 Å². The summed E-state index contributed by atoms with van der Waals surface area (Å²) < 4.78 is 37.7. The summed E-state index contributed by atoms with van der Waals surface area (Å²) in [6, 6.07) is 7.80. The zero-order valence-electron chi connectivity index (χ0n) is 17.2. The standard InChI is InChI=1S/C19H23N3O2S.C2HF3O2/c23-18(15-5-12-25-13-15)22-10-4-16-19(14-22,7-11-24-16)6-9-21-17-3-1-2-8-20-17;3-2(4,5)1(6)7/h1-3,5,8,12-13,16H,4,6-7,9-11,14H2,(H,20,21);(H,6,7)/t16-,19+;/m1./s1. The predicted octanol–water partition coefficient (Wildman–Crippen LogP) is 3.90. The lowest BCUT2D eigenvalue weighted by atomic mass is 9.74. The van der Waals surface area contributed by atoms with Crippen LogP contribution in [-0.2, 0) is 9.53 Å². The van der Waals surface area contributed by atoms with Crippen LogP contribution in [0.1, 0.15) is 29.6 Å². The van der Waals surface area contributed by atoms with E-state index in [9.17, 15) is 18.0 Å². The van der Waals surface area contributed by atoms with Gasteiger partial charge in [-0.3, -0.25) is 4.79 Å². The molecule has 2 saturated heterocycles. The summed E-state index contributed by atoms with van der Waals surface area (Å²) in [7, 11) is 0. The van der Waals surface area contributed by atoms with Crippen LogP contribution in [0.3, 0.4) is 0 Å². The number of carboxylic acid groups (broad SMARTS) is 1. The summed E-state index contributed by atoms with van der Waals surface area (Å²) in [5, 5.41) is 14.4.